The van der Waals surface area contributed by atoms with E-state index in [1.165, 1.54) is 12.1 Å². The predicted octanol–water partition coefficient (Wildman–Crippen LogP) is 1.55. The minimum absolute atomic E-state index is 0.0378. The first-order chi connectivity index (χ1) is 15.5. The summed E-state index contributed by atoms with van der Waals surface area (Å²) in [5.41, 5.74) is 2.02. The predicted molar refractivity (Wildman–Crippen MR) is 118 cm³/mol. The van der Waals surface area contributed by atoms with Crippen molar-refractivity contribution in [3.05, 3.63) is 50.9 Å². The maximum Gasteiger partial charge on any atom is 0.255 e. The number of halogens is 1. The summed E-state index contributed by atoms with van der Waals surface area (Å²) in [6.45, 7) is 4.43. The van der Waals surface area contributed by atoms with Crippen LogP contribution in [0.5, 0.6) is 5.75 Å². The summed E-state index contributed by atoms with van der Waals surface area (Å²) >= 11 is 6.28. The van der Waals surface area contributed by atoms with Gasteiger partial charge in [-0.25, -0.2) is 0 Å². The molecule has 1 amide bonds. The van der Waals surface area contributed by atoms with E-state index in [1.807, 2.05) is 13.8 Å². The second-order valence-electron chi connectivity index (χ2n) is 8.64. The van der Waals surface area contributed by atoms with Crippen LogP contribution in [-0.2, 0) is 16.0 Å². The van der Waals surface area contributed by atoms with E-state index in [9.17, 15) is 34.8 Å². The third-order valence-corrected chi connectivity index (χ3v) is 7.55. The number of aliphatic hydroxyl groups is 3. The molecule has 4 rings (SSSR count). The van der Waals surface area contributed by atoms with Crippen molar-refractivity contribution in [2.45, 2.75) is 38.3 Å². The molecule has 0 heterocycles. The summed E-state index contributed by atoms with van der Waals surface area (Å²) in [7, 11) is 0. The quantitative estimate of drug-likeness (QED) is 0.409. The molecule has 176 valence electrons. The molecular weight excluding hydrogens is 452 g/mol. The number of nitrogens with zero attached hydrogens (tertiary/aromatic N) is 1. The van der Waals surface area contributed by atoms with Gasteiger partial charge in [0.2, 0.25) is 5.78 Å². The highest BCUT2D eigenvalue weighted by atomic mass is 35.5. The lowest BCUT2D eigenvalue weighted by molar-refractivity contribution is -0.149. The van der Waals surface area contributed by atoms with E-state index in [4.69, 9.17) is 17.3 Å². The molecule has 10 heteroatoms. The maximum atomic E-state index is 13.3. The van der Waals surface area contributed by atoms with Crippen LogP contribution >= 0.6 is 11.6 Å². The van der Waals surface area contributed by atoms with Gasteiger partial charge >= 0.3 is 0 Å². The van der Waals surface area contributed by atoms with E-state index in [-0.39, 0.29) is 34.8 Å². The van der Waals surface area contributed by atoms with Crippen LogP contribution in [0.3, 0.4) is 0 Å². The largest absolute Gasteiger partial charge is 0.510 e. The molecule has 1 aromatic carbocycles. The zero-order valence-corrected chi connectivity index (χ0v) is 18.9. The van der Waals surface area contributed by atoms with Gasteiger partial charge in [-0.15, -0.1) is 0 Å². The van der Waals surface area contributed by atoms with Gasteiger partial charge in [-0.05, 0) is 49.5 Å². The normalized spacial score (nSPS) is 29.2. The smallest absolute Gasteiger partial charge is 0.255 e. The first-order valence-electron chi connectivity index (χ1n) is 10.7. The zero-order valence-electron chi connectivity index (χ0n) is 18.1. The summed E-state index contributed by atoms with van der Waals surface area (Å²) in [6.07, 6.45) is 0.211. The van der Waals surface area contributed by atoms with Crippen LogP contribution in [0.25, 0.3) is 0 Å². The monoisotopic (exact) mass is 476 g/mol. The number of hydrogen-bond acceptors (Lipinski definition) is 8. The van der Waals surface area contributed by atoms with Crippen molar-refractivity contribution in [3.63, 3.8) is 0 Å². The van der Waals surface area contributed by atoms with Crippen molar-refractivity contribution >= 4 is 29.1 Å². The molecule has 0 unspecified atom stereocenters. The van der Waals surface area contributed by atoms with Crippen LogP contribution in [0, 0.1) is 11.8 Å². The van der Waals surface area contributed by atoms with Crippen LogP contribution in [0.4, 0.5) is 0 Å². The van der Waals surface area contributed by atoms with Crippen LogP contribution in [0.2, 0.25) is 5.02 Å². The molecule has 9 nitrogen and oxygen atoms in total. The first-order valence-corrected chi connectivity index (χ1v) is 11.1. The SMILES string of the molecule is CCN(CC)[C@@H]1C(O)=C(C(N)=O)C(=O)[C@@]2(O)C(O)=C3C(=O)c4c(O)ccc(Cl)c4C[C@H]3C[C@@H]12. The van der Waals surface area contributed by atoms with Crippen LogP contribution in [0.1, 0.15) is 36.2 Å². The van der Waals surface area contributed by atoms with Crippen LogP contribution in [-0.4, -0.2) is 67.5 Å². The molecule has 0 saturated carbocycles. The fourth-order valence-corrected chi connectivity index (χ4v) is 5.89. The Balaban J connectivity index is 1.98. The molecular formula is C23H25ClN2O7. The van der Waals surface area contributed by atoms with Crippen LogP contribution < -0.4 is 5.73 Å². The molecule has 0 saturated heterocycles. The number of Topliss-reactive ketones (excluding diaryl/α,β-unsaturated/α-hetero) is 2. The molecule has 0 aromatic heterocycles. The number of aromatic hydroxyl groups is 1. The second kappa shape index (κ2) is 7.86. The number of nitrogens with two attached hydrogens (primary N) is 1. The average Bonchev–Trinajstić information content (AvgIpc) is 2.75. The van der Waals surface area contributed by atoms with Gasteiger partial charge in [-0.2, -0.15) is 0 Å². The van der Waals surface area contributed by atoms with Crippen molar-refractivity contribution in [2.24, 2.45) is 17.6 Å². The van der Waals surface area contributed by atoms with Gasteiger partial charge in [0, 0.05) is 16.5 Å². The van der Waals surface area contributed by atoms with Gasteiger partial charge < -0.3 is 26.2 Å². The molecule has 33 heavy (non-hydrogen) atoms. The van der Waals surface area contributed by atoms with Crippen molar-refractivity contribution in [2.75, 3.05) is 13.1 Å². The number of benzene rings is 1. The Morgan fingerprint density at radius 3 is 2.42 bits per heavy atom. The number of phenolic OH excluding ortho intramolecular Hbond substituents is 1. The Morgan fingerprint density at radius 1 is 1.21 bits per heavy atom. The molecule has 3 aliphatic rings. The number of likely N-dealkylation sites (N-methyl/N-ethyl adjacent to an activating group) is 1. The number of carbonyl (C=O) groups is 3. The summed E-state index contributed by atoms with van der Waals surface area (Å²) in [5, 5.41) is 44.3. The Bertz CT molecular complexity index is 1150. The van der Waals surface area contributed by atoms with E-state index < -0.39 is 58.0 Å². The number of fused-ring (bicyclic) bond motifs is 3. The lowest BCUT2D eigenvalue weighted by Crippen LogP contribution is -2.64. The minimum Gasteiger partial charge on any atom is -0.510 e. The molecule has 0 aliphatic heterocycles. The average molecular weight is 477 g/mol. The topological polar surface area (TPSA) is 161 Å². The number of ketones is 2. The molecule has 0 bridgehead atoms. The van der Waals surface area contributed by atoms with Crippen molar-refractivity contribution in [1.82, 2.24) is 4.90 Å². The Kier molecular flexibility index (Phi) is 5.55. The second-order valence-corrected chi connectivity index (χ2v) is 9.05. The third-order valence-electron chi connectivity index (χ3n) is 7.20. The van der Waals surface area contributed by atoms with E-state index in [0.717, 1.165) is 0 Å². The highest BCUT2D eigenvalue weighted by molar-refractivity contribution is 6.32. The maximum absolute atomic E-state index is 13.3. The number of aliphatic hydroxyl groups excluding tert-OH is 2. The highest BCUT2D eigenvalue weighted by Crippen LogP contribution is 2.52. The number of allylic oxidation sites excluding steroid dienone is 1. The molecule has 6 N–H and O–H groups in total. The molecule has 0 radical (unpaired) electrons. The first kappa shape index (κ1) is 23.3. The fourth-order valence-electron chi connectivity index (χ4n) is 5.65. The third kappa shape index (κ3) is 3.03. The van der Waals surface area contributed by atoms with E-state index in [1.54, 1.807) is 4.90 Å². The Morgan fingerprint density at radius 2 is 1.85 bits per heavy atom. The number of primary amides is 1. The number of carbonyl (C=O) groups excluding carboxylic acids is 3. The minimum atomic E-state index is -2.64. The number of phenols is 1. The van der Waals surface area contributed by atoms with Crippen molar-refractivity contribution in [1.29, 1.82) is 0 Å². The highest BCUT2D eigenvalue weighted by Gasteiger charge is 2.63. The van der Waals surface area contributed by atoms with Gasteiger partial charge in [0.15, 0.2) is 11.4 Å². The molecule has 4 atom stereocenters. The summed E-state index contributed by atoms with van der Waals surface area (Å²) in [5.74, 6) is -6.72. The standard InChI is InChI=1S/C23H25ClN2O7/c1-3-26(4-2)17-11-8-9-7-10-12(24)5-6-13(27)15(10)18(28)14(9)20(30)23(11,33)21(31)16(19(17)29)22(25)32/h5-6,9,11,17,27,29-30,33H,3-4,7-8H2,1-2H3,(H2,25,32)/t9-,11-,17-,23-/m0/s1. The van der Waals surface area contributed by atoms with E-state index in [2.05, 4.69) is 0 Å². The lowest BCUT2D eigenvalue weighted by atomic mass is 9.58. The van der Waals surface area contributed by atoms with E-state index in [0.29, 0.717) is 18.7 Å². The Labute approximate surface area is 194 Å². The summed E-state index contributed by atoms with van der Waals surface area (Å²) in [6, 6.07) is 1.73. The van der Waals surface area contributed by atoms with Crippen LogP contribution in [0.15, 0.2) is 34.8 Å². The van der Waals surface area contributed by atoms with Gasteiger partial charge in [0.1, 0.15) is 22.8 Å². The number of amides is 1. The molecule has 0 fully saturated rings. The van der Waals surface area contributed by atoms with Gasteiger partial charge in [0.25, 0.3) is 5.91 Å². The van der Waals surface area contributed by atoms with Gasteiger partial charge in [0.05, 0.1) is 11.6 Å². The molecule has 0 spiro atoms. The van der Waals surface area contributed by atoms with E-state index >= 15 is 0 Å². The lowest BCUT2D eigenvalue weighted by Gasteiger charge is -2.51. The number of hydrogen-bond donors (Lipinski definition) is 5. The molecule has 1 aromatic rings. The summed E-state index contributed by atoms with van der Waals surface area (Å²) < 4.78 is 0. The summed E-state index contributed by atoms with van der Waals surface area (Å²) in [4.78, 5) is 40.4. The number of rotatable bonds is 4. The molecule has 3 aliphatic carbocycles. The zero-order chi connectivity index (χ0) is 24.4. The van der Waals surface area contributed by atoms with Crippen molar-refractivity contribution in [3.8, 4) is 5.75 Å². The van der Waals surface area contributed by atoms with Gasteiger partial charge in [-0.3, -0.25) is 19.3 Å². The van der Waals surface area contributed by atoms with Gasteiger partial charge in [-0.1, -0.05) is 25.4 Å². The Hall–Kier alpha value is -2.88. The van der Waals surface area contributed by atoms with Crippen molar-refractivity contribution < 1.29 is 34.8 Å². The fraction of sp³-hybridized carbons (Fsp3) is 0.435.